The number of hydrogen-bond acceptors (Lipinski definition) is 2. The lowest BCUT2D eigenvalue weighted by molar-refractivity contribution is -0.136. The third-order valence-electron chi connectivity index (χ3n) is 3.88. The molecule has 0 bridgehead atoms. The monoisotopic (exact) mass is 326 g/mol. The van der Waals surface area contributed by atoms with E-state index in [2.05, 4.69) is 15.9 Å². The molecule has 3 nitrogen and oxygen atoms in total. The number of ketones is 1. The minimum Gasteiger partial charge on any atom is -0.481 e. The summed E-state index contributed by atoms with van der Waals surface area (Å²) in [6.45, 7) is 9.87. The zero-order valence-corrected chi connectivity index (χ0v) is 13.5. The third-order valence-corrected chi connectivity index (χ3v) is 4.62. The highest BCUT2D eigenvalue weighted by molar-refractivity contribution is 9.10. The first kappa shape index (κ1) is 15.9. The highest BCUT2D eigenvalue weighted by Crippen LogP contribution is 2.28. The average molecular weight is 327 g/mol. The molecule has 0 aliphatic heterocycles. The minimum absolute atomic E-state index is 0.149. The van der Waals surface area contributed by atoms with Gasteiger partial charge >= 0.3 is 5.97 Å². The highest BCUT2D eigenvalue weighted by Gasteiger charge is 2.25. The molecule has 0 fully saturated rings. The van der Waals surface area contributed by atoms with Crippen molar-refractivity contribution in [3.63, 3.8) is 0 Å². The number of rotatable bonds is 4. The highest BCUT2D eigenvalue weighted by atomic mass is 79.9. The number of carbonyl (C=O) groups excluding carboxylic acids is 1. The Balaban J connectivity index is 3.35. The molecule has 1 N–H and O–H groups in total. The fraction of sp³-hybridized carbons (Fsp3) is 0.467. The van der Waals surface area contributed by atoms with Crippen molar-refractivity contribution in [1.29, 1.82) is 0 Å². The zero-order valence-electron chi connectivity index (χ0n) is 11.9. The maximum atomic E-state index is 12.4. The normalized spacial score (nSPS) is 12.3. The molecule has 0 spiro atoms. The van der Waals surface area contributed by atoms with Gasteiger partial charge in [-0.1, -0.05) is 15.9 Å². The first-order valence-electron chi connectivity index (χ1n) is 6.15. The smallest absolute Gasteiger partial charge is 0.304 e. The van der Waals surface area contributed by atoms with Gasteiger partial charge in [-0.15, -0.1) is 0 Å². The van der Waals surface area contributed by atoms with Crippen LogP contribution in [0.2, 0.25) is 0 Å². The predicted molar refractivity (Wildman–Crippen MR) is 79.4 cm³/mol. The fourth-order valence-corrected chi connectivity index (χ4v) is 2.78. The number of alkyl halides is 1. The van der Waals surface area contributed by atoms with Crippen LogP contribution >= 0.6 is 15.9 Å². The molecule has 1 aromatic rings. The van der Waals surface area contributed by atoms with Crippen LogP contribution in [-0.4, -0.2) is 21.7 Å². The van der Waals surface area contributed by atoms with Crippen molar-refractivity contribution in [1.82, 2.24) is 0 Å². The van der Waals surface area contributed by atoms with Gasteiger partial charge in [0.25, 0.3) is 0 Å². The maximum absolute atomic E-state index is 12.4. The van der Waals surface area contributed by atoms with Gasteiger partial charge in [-0.3, -0.25) is 9.59 Å². The molecular formula is C15H19BrO3. The summed E-state index contributed by atoms with van der Waals surface area (Å²) in [6, 6.07) is 0. The van der Waals surface area contributed by atoms with Gasteiger partial charge < -0.3 is 5.11 Å². The summed E-state index contributed by atoms with van der Waals surface area (Å²) in [6.07, 6.45) is -0.205. The van der Waals surface area contributed by atoms with Gasteiger partial charge in [0.2, 0.25) is 0 Å². The van der Waals surface area contributed by atoms with E-state index in [-0.39, 0.29) is 12.2 Å². The molecule has 1 aromatic carbocycles. The van der Waals surface area contributed by atoms with Gasteiger partial charge in [0, 0.05) is 5.56 Å². The molecule has 1 unspecified atom stereocenters. The Morgan fingerprint density at radius 1 is 0.947 bits per heavy atom. The Kier molecular flexibility index (Phi) is 4.91. The number of carboxylic acid groups (broad SMARTS) is 1. The Morgan fingerprint density at radius 2 is 1.32 bits per heavy atom. The van der Waals surface area contributed by atoms with Crippen LogP contribution in [0.15, 0.2) is 0 Å². The molecule has 0 saturated carbocycles. The second kappa shape index (κ2) is 5.87. The minimum atomic E-state index is -0.980. The topological polar surface area (TPSA) is 54.4 Å². The van der Waals surface area contributed by atoms with E-state index in [1.165, 1.54) is 5.56 Å². The number of carbonyl (C=O) groups is 2. The second-order valence-corrected chi connectivity index (χ2v) is 6.03. The van der Waals surface area contributed by atoms with Crippen LogP contribution < -0.4 is 0 Å². The molecule has 0 aliphatic rings. The molecular weight excluding hydrogens is 308 g/mol. The van der Waals surface area contributed by atoms with E-state index in [1.807, 2.05) is 34.6 Å². The van der Waals surface area contributed by atoms with E-state index in [4.69, 9.17) is 5.11 Å². The first-order chi connectivity index (χ1) is 8.68. The molecule has 0 amide bonds. The second-order valence-electron chi connectivity index (χ2n) is 4.93. The van der Waals surface area contributed by atoms with E-state index in [0.717, 1.165) is 22.3 Å². The molecule has 1 rings (SSSR count). The van der Waals surface area contributed by atoms with E-state index in [0.29, 0.717) is 5.56 Å². The molecule has 104 valence electrons. The number of halogens is 1. The summed E-state index contributed by atoms with van der Waals surface area (Å²) in [4.78, 5) is 22.5. The SMILES string of the molecule is Cc1c(C)c(C)c(C(=O)C(Br)CC(=O)O)c(C)c1C. The predicted octanol–water partition coefficient (Wildman–Crippen LogP) is 3.65. The van der Waals surface area contributed by atoms with Gasteiger partial charge in [0.1, 0.15) is 0 Å². The van der Waals surface area contributed by atoms with Gasteiger partial charge in [0.15, 0.2) is 5.78 Å². The first-order valence-corrected chi connectivity index (χ1v) is 7.07. The number of Topliss-reactive ketones (excluding diaryl/α,β-unsaturated/α-hetero) is 1. The van der Waals surface area contributed by atoms with Crippen molar-refractivity contribution in [2.45, 2.75) is 45.9 Å². The van der Waals surface area contributed by atoms with Crippen LogP contribution in [0.4, 0.5) is 0 Å². The fourth-order valence-electron chi connectivity index (χ4n) is 2.27. The van der Waals surface area contributed by atoms with E-state index < -0.39 is 10.8 Å². The van der Waals surface area contributed by atoms with E-state index >= 15 is 0 Å². The Labute approximate surface area is 122 Å². The maximum Gasteiger partial charge on any atom is 0.304 e. The Bertz CT molecular complexity index is 518. The molecule has 0 aromatic heterocycles. The Hall–Kier alpha value is -1.16. The summed E-state index contributed by atoms with van der Waals surface area (Å²) in [7, 11) is 0. The number of carboxylic acids is 1. The van der Waals surface area contributed by atoms with Crippen molar-refractivity contribution in [3.05, 3.63) is 33.4 Å². The molecule has 19 heavy (non-hydrogen) atoms. The molecule has 0 saturated heterocycles. The number of hydrogen-bond donors (Lipinski definition) is 1. The summed E-state index contributed by atoms with van der Waals surface area (Å²) >= 11 is 3.19. The number of aliphatic carboxylic acids is 1. The van der Waals surface area contributed by atoms with Crippen molar-refractivity contribution in [3.8, 4) is 0 Å². The Morgan fingerprint density at radius 3 is 1.68 bits per heavy atom. The molecule has 0 radical (unpaired) electrons. The van der Waals surface area contributed by atoms with Crippen LogP contribution in [0.1, 0.15) is 44.6 Å². The standard InChI is InChI=1S/C15H19BrO3/c1-7-8(2)10(4)14(11(5)9(7)3)15(19)12(16)6-13(17)18/h12H,6H2,1-5H3,(H,17,18). The lowest BCUT2D eigenvalue weighted by Crippen LogP contribution is -2.21. The molecule has 0 heterocycles. The van der Waals surface area contributed by atoms with Gasteiger partial charge in [-0.05, 0) is 62.4 Å². The van der Waals surface area contributed by atoms with Crippen molar-refractivity contribution in [2.24, 2.45) is 0 Å². The average Bonchev–Trinajstić information content (AvgIpc) is 2.33. The third kappa shape index (κ3) is 3.06. The largest absolute Gasteiger partial charge is 0.481 e. The van der Waals surface area contributed by atoms with Gasteiger partial charge in [-0.25, -0.2) is 0 Å². The van der Waals surface area contributed by atoms with Gasteiger partial charge in [0.05, 0.1) is 11.2 Å². The molecule has 1 atom stereocenters. The van der Waals surface area contributed by atoms with Crippen LogP contribution in [-0.2, 0) is 4.79 Å². The van der Waals surface area contributed by atoms with Crippen LogP contribution in [0, 0.1) is 34.6 Å². The molecule has 0 aliphatic carbocycles. The van der Waals surface area contributed by atoms with E-state index in [9.17, 15) is 9.59 Å². The van der Waals surface area contributed by atoms with Crippen LogP contribution in [0.25, 0.3) is 0 Å². The summed E-state index contributed by atoms with van der Waals surface area (Å²) in [5.41, 5.74) is 5.93. The van der Waals surface area contributed by atoms with Crippen molar-refractivity contribution >= 4 is 27.7 Å². The van der Waals surface area contributed by atoms with E-state index in [1.54, 1.807) is 0 Å². The lowest BCUT2D eigenvalue weighted by atomic mass is 9.87. The lowest BCUT2D eigenvalue weighted by Gasteiger charge is -2.19. The zero-order chi connectivity index (χ0) is 14.9. The van der Waals surface area contributed by atoms with Gasteiger partial charge in [-0.2, -0.15) is 0 Å². The van der Waals surface area contributed by atoms with Crippen molar-refractivity contribution in [2.75, 3.05) is 0 Å². The van der Waals surface area contributed by atoms with Crippen LogP contribution in [0.3, 0.4) is 0 Å². The molecule has 4 heteroatoms. The summed E-state index contributed by atoms with van der Waals surface area (Å²) in [5, 5.41) is 8.79. The van der Waals surface area contributed by atoms with Crippen LogP contribution in [0.5, 0.6) is 0 Å². The van der Waals surface area contributed by atoms with Crippen molar-refractivity contribution < 1.29 is 14.7 Å². The quantitative estimate of drug-likeness (QED) is 0.678. The number of benzene rings is 1. The summed E-state index contributed by atoms with van der Waals surface area (Å²) in [5.74, 6) is -1.13. The summed E-state index contributed by atoms with van der Waals surface area (Å²) < 4.78 is 0.